The zero-order valence-corrected chi connectivity index (χ0v) is 33.1. The number of nitrogens with one attached hydrogen (secondary N) is 6. The fraction of sp³-hybridized carbons (Fsp3) is 0.512. The van der Waals surface area contributed by atoms with E-state index < -0.39 is 59.7 Å². The standard InChI is InChI=1S/C41H59N7O7/c1-26(2)18-31(35(49)22-36(50)45-32(19-27(3)4)37(51)43-23-29-16-12-9-13-17-29)46-39(53)34(21-30-24-42-25-44-30)47-38(52)33(20-28-14-10-8-11-15-28)48-40(54)55-41(5,6)7/h8-17,24-27,31-35,49H,18-23H2,1-7H3,(H,42,44)(H,43,51)(H,45,50)(H,46,53)(H,47,52)(H,48,54)/t31?,32-,33-,34-,35?/m0/s1. The van der Waals surface area contributed by atoms with Gasteiger partial charge in [0.05, 0.1) is 24.9 Å². The van der Waals surface area contributed by atoms with E-state index in [0.29, 0.717) is 25.1 Å². The predicted molar refractivity (Wildman–Crippen MR) is 209 cm³/mol. The molecule has 5 atom stereocenters. The summed E-state index contributed by atoms with van der Waals surface area (Å²) >= 11 is 0. The van der Waals surface area contributed by atoms with E-state index in [1.165, 1.54) is 12.5 Å². The van der Waals surface area contributed by atoms with Gasteiger partial charge in [0.15, 0.2) is 0 Å². The highest BCUT2D eigenvalue weighted by Gasteiger charge is 2.33. The van der Waals surface area contributed by atoms with Gasteiger partial charge in [0.1, 0.15) is 23.7 Å². The average molecular weight is 762 g/mol. The molecule has 0 spiro atoms. The number of carbonyl (C=O) groups excluding carboxylic acids is 5. The number of carbonyl (C=O) groups is 5. The molecule has 0 aliphatic carbocycles. The second-order valence-electron chi connectivity index (χ2n) is 15.7. The van der Waals surface area contributed by atoms with E-state index in [4.69, 9.17) is 4.74 Å². The first kappa shape index (κ1) is 44.2. The minimum absolute atomic E-state index is 0.00870. The van der Waals surface area contributed by atoms with Crippen LogP contribution in [0.4, 0.5) is 4.79 Å². The highest BCUT2D eigenvalue weighted by molar-refractivity contribution is 5.92. The summed E-state index contributed by atoms with van der Waals surface area (Å²) in [5.74, 6) is -2.02. The van der Waals surface area contributed by atoms with E-state index in [0.717, 1.165) is 11.1 Å². The lowest BCUT2D eigenvalue weighted by molar-refractivity contribution is -0.132. The van der Waals surface area contributed by atoms with Crippen LogP contribution in [-0.4, -0.2) is 80.7 Å². The number of aromatic nitrogens is 2. The number of hydrogen-bond donors (Lipinski definition) is 7. The maximum atomic E-state index is 14.0. The van der Waals surface area contributed by atoms with Crippen molar-refractivity contribution in [3.63, 3.8) is 0 Å². The Morgan fingerprint density at radius 1 is 0.727 bits per heavy atom. The van der Waals surface area contributed by atoms with Crippen molar-refractivity contribution in [1.29, 1.82) is 0 Å². The van der Waals surface area contributed by atoms with Crippen LogP contribution in [0.25, 0.3) is 0 Å². The van der Waals surface area contributed by atoms with Gasteiger partial charge in [0, 0.05) is 31.3 Å². The third kappa shape index (κ3) is 16.8. The van der Waals surface area contributed by atoms with Gasteiger partial charge < -0.3 is 41.4 Å². The number of rotatable bonds is 20. The first-order valence-electron chi connectivity index (χ1n) is 18.9. The van der Waals surface area contributed by atoms with Crippen LogP contribution in [0, 0.1) is 11.8 Å². The molecule has 2 aromatic carbocycles. The molecule has 3 aromatic rings. The number of imidazole rings is 1. The number of aromatic amines is 1. The smallest absolute Gasteiger partial charge is 0.408 e. The quantitative estimate of drug-likeness (QED) is 0.0903. The summed E-state index contributed by atoms with van der Waals surface area (Å²) in [6.45, 7) is 13.2. The van der Waals surface area contributed by atoms with Crippen LogP contribution in [0.2, 0.25) is 0 Å². The molecule has 0 saturated heterocycles. The summed E-state index contributed by atoms with van der Waals surface area (Å²) in [4.78, 5) is 74.1. The Hall–Kier alpha value is -5.24. The van der Waals surface area contributed by atoms with E-state index in [1.54, 1.807) is 20.8 Å². The molecule has 0 bridgehead atoms. The summed E-state index contributed by atoms with van der Waals surface area (Å²) in [5, 5.41) is 25.3. The lowest BCUT2D eigenvalue weighted by Gasteiger charge is -2.29. The predicted octanol–water partition coefficient (Wildman–Crippen LogP) is 3.70. The Balaban J connectivity index is 1.76. The van der Waals surface area contributed by atoms with Crippen molar-refractivity contribution in [2.45, 2.75) is 123 Å². The van der Waals surface area contributed by atoms with Crippen LogP contribution in [0.15, 0.2) is 73.2 Å². The number of aliphatic hydroxyl groups is 1. The minimum atomic E-state index is -1.32. The molecule has 0 radical (unpaired) electrons. The maximum Gasteiger partial charge on any atom is 0.408 e. The Morgan fingerprint density at radius 3 is 1.87 bits per heavy atom. The van der Waals surface area contributed by atoms with Crippen molar-refractivity contribution in [2.75, 3.05) is 0 Å². The van der Waals surface area contributed by atoms with E-state index in [1.807, 2.05) is 88.4 Å². The van der Waals surface area contributed by atoms with Gasteiger partial charge in [-0.2, -0.15) is 0 Å². The summed E-state index contributed by atoms with van der Waals surface area (Å²) in [7, 11) is 0. The fourth-order valence-corrected chi connectivity index (χ4v) is 5.91. The molecule has 2 unspecified atom stereocenters. The molecule has 55 heavy (non-hydrogen) atoms. The number of alkyl carbamates (subject to hydrolysis) is 1. The van der Waals surface area contributed by atoms with Crippen molar-refractivity contribution in [2.24, 2.45) is 11.8 Å². The van der Waals surface area contributed by atoms with Gasteiger partial charge >= 0.3 is 6.09 Å². The Kier molecular flexibility index (Phi) is 17.3. The summed E-state index contributed by atoms with van der Waals surface area (Å²) < 4.78 is 5.42. The first-order chi connectivity index (χ1) is 26.0. The molecule has 14 heteroatoms. The second kappa shape index (κ2) is 21.6. The second-order valence-corrected chi connectivity index (χ2v) is 15.7. The lowest BCUT2D eigenvalue weighted by Crippen LogP contribution is -2.58. The topological polar surface area (TPSA) is 204 Å². The highest BCUT2D eigenvalue weighted by atomic mass is 16.6. The summed E-state index contributed by atoms with van der Waals surface area (Å²) in [6, 6.07) is 14.6. The molecule has 0 aliphatic heterocycles. The third-order valence-corrected chi connectivity index (χ3v) is 8.48. The molecule has 7 N–H and O–H groups in total. The van der Waals surface area contributed by atoms with Crippen molar-refractivity contribution < 1.29 is 33.8 Å². The summed E-state index contributed by atoms with van der Waals surface area (Å²) in [6.07, 6.45) is 1.33. The monoisotopic (exact) mass is 761 g/mol. The molecule has 3 rings (SSSR count). The molecule has 0 saturated carbocycles. The van der Waals surface area contributed by atoms with Gasteiger partial charge in [-0.15, -0.1) is 0 Å². The fourth-order valence-electron chi connectivity index (χ4n) is 5.91. The number of aliphatic hydroxyl groups excluding tert-OH is 1. The maximum absolute atomic E-state index is 14.0. The number of benzene rings is 2. The van der Waals surface area contributed by atoms with Crippen LogP contribution >= 0.6 is 0 Å². The largest absolute Gasteiger partial charge is 0.444 e. The highest BCUT2D eigenvalue weighted by Crippen LogP contribution is 2.14. The zero-order chi connectivity index (χ0) is 40.5. The van der Waals surface area contributed by atoms with Gasteiger partial charge in [0.2, 0.25) is 23.6 Å². The molecular formula is C41H59N7O7. The molecule has 1 aromatic heterocycles. The number of hydrogen-bond acceptors (Lipinski definition) is 8. The third-order valence-electron chi connectivity index (χ3n) is 8.48. The van der Waals surface area contributed by atoms with Crippen molar-refractivity contribution in [3.05, 3.63) is 90.0 Å². The molecule has 1 heterocycles. The zero-order valence-electron chi connectivity index (χ0n) is 33.1. The van der Waals surface area contributed by atoms with Gasteiger partial charge in [-0.25, -0.2) is 9.78 Å². The first-order valence-corrected chi connectivity index (χ1v) is 18.9. The molecule has 14 nitrogen and oxygen atoms in total. The SMILES string of the molecule is CC(C)CC(NC(=O)[C@H](Cc1cnc[nH]1)NC(=O)[C@H](Cc1ccccc1)NC(=O)OC(C)(C)C)C(O)CC(=O)N[C@@H](CC(C)C)C(=O)NCc1ccccc1. The van der Waals surface area contributed by atoms with Crippen molar-refractivity contribution in [3.8, 4) is 0 Å². The average Bonchev–Trinajstić information content (AvgIpc) is 3.62. The van der Waals surface area contributed by atoms with Gasteiger partial charge in [-0.1, -0.05) is 88.4 Å². The Bertz CT molecular complexity index is 1640. The molecule has 300 valence electrons. The molecule has 0 fully saturated rings. The van der Waals surface area contributed by atoms with Crippen LogP contribution < -0.4 is 26.6 Å². The van der Waals surface area contributed by atoms with Gasteiger partial charge in [-0.05, 0) is 56.6 Å². The molecular weight excluding hydrogens is 702 g/mol. The minimum Gasteiger partial charge on any atom is -0.444 e. The Labute approximate surface area is 324 Å². The van der Waals surface area contributed by atoms with Crippen molar-refractivity contribution in [1.82, 2.24) is 36.6 Å². The summed E-state index contributed by atoms with van der Waals surface area (Å²) in [5.41, 5.74) is 1.44. The van der Waals surface area contributed by atoms with Crippen molar-refractivity contribution >= 4 is 29.7 Å². The number of nitrogens with zero attached hydrogens (tertiary/aromatic N) is 1. The van der Waals surface area contributed by atoms with E-state index >= 15 is 0 Å². The van der Waals surface area contributed by atoms with Crippen LogP contribution in [0.1, 0.15) is 84.5 Å². The molecule has 0 aliphatic rings. The van der Waals surface area contributed by atoms with Crippen LogP contribution in [0.5, 0.6) is 0 Å². The van der Waals surface area contributed by atoms with Crippen LogP contribution in [0.3, 0.4) is 0 Å². The number of ether oxygens (including phenoxy) is 1. The van der Waals surface area contributed by atoms with Crippen LogP contribution in [-0.2, 0) is 43.3 Å². The lowest BCUT2D eigenvalue weighted by atomic mass is 9.96. The van der Waals surface area contributed by atoms with E-state index in [-0.39, 0.29) is 37.0 Å². The number of amides is 5. The molecule has 5 amide bonds. The van der Waals surface area contributed by atoms with Gasteiger partial charge in [0.25, 0.3) is 0 Å². The van der Waals surface area contributed by atoms with Gasteiger partial charge in [-0.3, -0.25) is 19.2 Å². The van der Waals surface area contributed by atoms with E-state index in [2.05, 4.69) is 36.6 Å². The Morgan fingerprint density at radius 2 is 1.31 bits per heavy atom. The van der Waals surface area contributed by atoms with E-state index in [9.17, 15) is 29.1 Å². The number of H-pyrrole nitrogens is 1. The normalized spacial score (nSPS) is 14.2.